The lowest BCUT2D eigenvalue weighted by atomic mass is 10.2. The zero-order valence-electron chi connectivity index (χ0n) is 9.14. The van der Waals surface area contributed by atoms with Gasteiger partial charge in [-0.15, -0.1) is 0 Å². The van der Waals surface area contributed by atoms with Crippen LogP contribution in [0.25, 0.3) is 0 Å². The summed E-state index contributed by atoms with van der Waals surface area (Å²) in [5, 5.41) is 6.71. The zero-order valence-corrected chi connectivity index (χ0v) is 11.3. The average molecular weight is 342 g/mol. The Bertz CT molecular complexity index is 545. The van der Waals surface area contributed by atoms with E-state index in [1.54, 1.807) is 13.1 Å². The Morgan fingerprint density at radius 2 is 2.18 bits per heavy atom. The highest BCUT2D eigenvalue weighted by Gasteiger charge is 2.13. The van der Waals surface area contributed by atoms with Crippen molar-refractivity contribution in [3.8, 4) is 0 Å². The largest absolute Gasteiger partial charge is 0.394 e. The first-order chi connectivity index (χ1) is 8.09. The first kappa shape index (κ1) is 11.9. The van der Waals surface area contributed by atoms with Crippen molar-refractivity contribution in [2.24, 2.45) is 7.05 Å². The molecule has 0 atom stereocenters. The SMILES string of the molecule is Cn1ncc(N)c1NC(=O)c1ccccc1I. The van der Waals surface area contributed by atoms with Gasteiger partial charge in [-0.1, -0.05) is 12.1 Å². The van der Waals surface area contributed by atoms with Gasteiger partial charge in [-0.3, -0.25) is 9.48 Å². The molecule has 1 aromatic heterocycles. The van der Waals surface area contributed by atoms with Gasteiger partial charge in [0.25, 0.3) is 5.91 Å². The fourth-order valence-electron chi connectivity index (χ4n) is 1.43. The van der Waals surface area contributed by atoms with Crippen LogP contribution in [-0.4, -0.2) is 15.7 Å². The Kier molecular flexibility index (Phi) is 3.32. The lowest BCUT2D eigenvalue weighted by Crippen LogP contribution is -2.16. The van der Waals surface area contributed by atoms with Crippen molar-refractivity contribution in [2.45, 2.75) is 0 Å². The molecule has 0 saturated carbocycles. The number of nitrogens with zero attached hydrogens (tertiary/aromatic N) is 2. The average Bonchev–Trinajstić information content (AvgIpc) is 2.61. The Balaban J connectivity index is 2.27. The molecule has 0 aliphatic carbocycles. The van der Waals surface area contributed by atoms with Crippen LogP contribution in [0.3, 0.4) is 0 Å². The summed E-state index contributed by atoms with van der Waals surface area (Å²) >= 11 is 2.12. The molecule has 0 aliphatic rings. The molecule has 0 unspecified atom stereocenters. The first-order valence-corrected chi connectivity index (χ1v) is 6.01. The van der Waals surface area contributed by atoms with Crippen LogP contribution in [-0.2, 0) is 7.05 Å². The maximum atomic E-state index is 12.0. The van der Waals surface area contributed by atoms with Crippen molar-refractivity contribution in [1.82, 2.24) is 9.78 Å². The van der Waals surface area contributed by atoms with Crippen LogP contribution in [0.15, 0.2) is 30.5 Å². The third kappa shape index (κ3) is 2.41. The van der Waals surface area contributed by atoms with Gasteiger partial charge in [0, 0.05) is 10.6 Å². The van der Waals surface area contributed by atoms with E-state index in [9.17, 15) is 4.79 Å². The highest BCUT2D eigenvalue weighted by atomic mass is 127. The van der Waals surface area contributed by atoms with Gasteiger partial charge in [-0.05, 0) is 34.7 Å². The molecular formula is C11H11IN4O. The number of rotatable bonds is 2. The summed E-state index contributed by atoms with van der Waals surface area (Å²) in [5.41, 5.74) is 6.78. The van der Waals surface area contributed by atoms with E-state index in [1.165, 1.54) is 10.9 Å². The molecule has 2 rings (SSSR count). The monoisotopic (exact) mass is 342 g/mol. The van der Waals surface area contributed by atoms with Crippen molar-refractivity contribution in [3.63, 3.8) is 0 Å². The molecular weight excluding hydrogens is 331 g/mol. The van der Waals surface area contributed by atoms with E-state index in [2.05, 4.69) is 33.0 Å². The number of aromatic nitrogens is 2. The minimum Gasteiger partial charge on any atom is -0.394 e. The maximum absolute atomic E-state index is 12.0. The van der Waals surface area contributed by atoms with E-state index in [1.807, 2.05) is 18.2 Å². The van der Waals surface area contributed by atoms with E-state index in [0.717, 1.165) is 3.57 Å². The molecule has 17 heavy (non-hydrogen) atoms. The topological polar surface area (TPSA) is 72.9 Å². The van der Waals surface area contributed by atoms with Crippen LogP contribution in [0.5, 0.6) is 0 Å². The lowest BCUT2D eigenvalue weighted by Gasteiger charge is -2.07. The molecule has 0 aliphatic heterocycles. The normalized spacial score (nSPS) is 10.2. The summed E-state index contributed by atoms with van der Waals surface area (Å²) in [4.78, 5) is 12.0. The van der Waals surface area contributed by atoms with Crippen LogP contribution in [0.2, 0.25) is 0 Å². The van der Waals surface area contributed by atoms with Crippen LogP contribution >= 0.6 is 22.6 Å². The molecule has 5 nitrogen and oxygen atoms in total. The molecule has 0 fully saturated rings. The quantitative estimate of drug-likeness (QED) is 0.819. The van der Waals surface area contributed by atoms with Gasteiger partial charge in [0.05, 0.1) is 17.4 Å². The second-order valence-electron chi connectivity index (χ2n) is 3.51. The standard InChI is InChI=1S/C11H11IN4O/c1-16-10(9(13)6-14-16)15-11(17)7-4-2-3-5-8(7)12/h2-6H,13H2,1H3,(H,15,17). The van der Waals surface area contributed by atoms with E-state index in [4.69, 9.17) is 5.73 Å². The highest BCUT2D eigenvalue weighted by molar-refractivity contribution is 14.1. The van der Waals surface area contributed by atoms with Gasteiger partial charge in [0.2, 0.25) is 0 Å². The van der Waals surface area contributed by atoms with Crippen molar-refractivity contribution >= 4 is 40.0 Å². The van der Waals surface area contributed by atoms with E-state index in [-0.39, 0.29) is 5.91 Å². The van der Waals surface area contributed by atoms with Gasteiger partial charge in [0.1, 0.15) is 0 Å². The number of nitrogen functional groups attached to an aromatic ring is 1. The predicted molar refractivity (Wildman–Crippen MR) is 74.7 cm³/mol. The number of nitrogens with one attached hydrogen (secondary N) is 1. The summed E-state index contributed by atoms with van der Waals surface area (Å²) in [5.74, 6) is 0.319. The van der Waals surface area contributed by atoms with Crippen molar-refractivity contribution in [3.05, 3.63) is 39.6 Å². The minimum atomic E-state index is -0.190. The summed E-state index contributed by atoms with van der Waals surface area (Å²) in [6.07, 6.45) is 1.51. The van der Waals surface area contributed by atoms with Gasteiger partial charge in [-0.2, -0.15) is 5.10 Å². The van der Waals surface area contributed by atoms with Crippen LogP contribution in [0.4, 0.5) is 11.5 Å². The van der Waals surface area contributed by atoms with Gasteiger partial charge in [-0.25, -0.2) is 0 Å². The van der Waals surface area contributed by atoms with Gasteiger partial charge < -0.3 is 11.1 Å². The molecule has 0 radical (unpaired) electrons. The smallest absolute Gasteiger partial charge is 0.257 e. The number of carbonyl (C=O) groups is 1. The van der Waals surface area contributed by atoms with E-state index < -0.39 is 0 Å². The minimum absolute atomic E-state index is 0.190. The van der Waals surface area contributed by atoms with E-state index in [0.29, 0.717) is 17.1 Å². The number of hydrogen-bond acceptors (Lipinski definition) is 3. The second-order valence-corrected chi connectivity index (χ2v) is 4.67. The Morgan fingerprint density at radius 3 is 2.76 bits per heavy atom. The summed E-state index contributed by atoms with van der Waals surface area (Å²) < 4.78 is 2.42. The van der Waals surface area contributed by atoms with Crippen molar-refractivity contribution in [1.29, 1.82) is 0 Å². The molecule has 0 bridgehead atoms. The number of carbonyl (C=O) groups excluding carboxylic acids is 1. The summed E-state index contributed by atoms with van der Waals surface area (Å²) in [6, 6.07) is 7.35. The Labute approximate surface area is 112 Å². The summed E-state index contributed by atoms with van der Waals surface area (Å²) in [7, 11) is 1.72. The van der Waals surface area contributed by atoms with Crippen molar-refractivity contribution < 1.29 is 4.79 Å². The highest BCUT2D eigenvalue weighted by Crippen LogP contribution is 2.18. The lowest BCUT2D eigenvalue weighted by molar-refractivity contribution is 0.102. The molecule has 2 aromatic rings. The first-order valence-electron chi connectivity index (χ1n) is 4.93. The Hall–Kier alpha value is -1.57. The number of anilines is 2. The number of hydrogen-bond donors (Lipinski definition) is 2. The number of halogens is 1. The predicted octanol–water partition coefficient (Wildman–Crippen LogP) is 1.86. The summed E-state index contributed by atoms with van der Waals surface area (Å²) in [6.45, 7) is 0. The van der Waals surface area contributed by atoms with Crippen LogP contribution in [0.1, 0.15) is 10.4 Å². The van der Waals surface area contributed by atoms with Gasteiger partial charge in [0.15, 0.2) is 5.82 Å². The van der Waals surface area contributed by atoms with E-state index >= 15 is 0 Å². The third-order valence-corrected chi connectivity index (χ3v) is 3.26. The van der Waals surface area contributed by atoms with Crippen LogP contribution < -0.4 is 11.1 Å². The molecule has 88 valence electrons. The zero-order chi connectivity index (χ0) is 12.4. The molecule has 6 heteroatoms. The molecule has 0 saturated heterocycles. The number of benzene rings is 1. The fraction of sp³-hybridized carbons (Fsp3) is 0.0909. The molecule has 1 amide bonds. The number of nitrogens with two attached hydrogens (primary N) is 1. The molecule has 3 N–H and O–H groups in total. The number of amides is 1. The fourth-order valence-corrected chi connectivity index (χ4v) is 2.06. The second kappa shape index (κ2) is 4.74. The molecule has 1 heterocycles. The maximum Gasteiger partial charge on any atom is 0.257 e. The third-order valence-electron chi connectivity index (χ3n) is 2.32. The van der Waals surface area contributed by atoms with Crippen molar-refractivity contribution in [2.75, 3.05) is 11.1 Å². The van der Waals surface area contributed by atoms with Gasteiger partial charge >= 0.3 is 0 Å². The van der Waals surface area contributed by atoms with Crippen LogP contribution in [0, 0.1) is 3.57 Å². The Morgan fingerprint density at radius 1 is 1.47 bits per heavy atom. The number of aryl methyl sites for hydroxylation is 1. The molecule has 0 spiro atoms. The molecule has 1 aromatic carbocycles.